The van der Waals surface area contributed by atoms with E-state index in [9.17, 15) is 9.59 Å². The molecule has 1 spiro atoms. The van der Waals surface area contributed by atoms with Crippen LogP contribution in [-0.2, 0) is 36.4 Å². The fourth-order valence-corrected chi connectivity index (χ4v) is 8.65. The van der Waals surface area contributed by atoms with Gasteiger partial charge in [-0.15, -0.1) is 0 Å². The number of ether oxygens (including phenoxy) is 4. The van der Waals surface area contributed by atoms with Gasteiger partial charge in [0, 0.05) is 15.5 Å². The highest BCUT2D eigenvalue weighted by Gasteiger charge is 2.71. The minimum Gasteiger partial charge on any atom is -0.493 e. The van der Waals surface area contributed by atoms with E-state index in [2.05, 4.69) is 68.3 Å². The van der Waals surface area contributed by atoms with Gasteiger partial charge in [-0.3, -0.25) is 0 Å². The summed E-state index contributed by atoms with van der Waals surface area (Å²) in [4.78, 5) is 30.7. The van der Waals surface area contributed by atoms with Crippen molar-refractivity contribution in [3.05, 3.63) is 133 Å². The van der Waals surface area contributed by atoms with Gasteiger partial charge in [-0.05, 0) is 81.8 Å². The Morgan fingerprint density at radius 1 is 0.745 bits per heavy atom. The molecule has 9 heteroatoms. The van der Waals surface area contributed by atoms with Crippen LogP contribution >= 0.6 is 31.9 Å². The third-order valence-electron chi connectivity index (χ3n) is 9.65. The molecule has 0 amide bonds. The van der Waals surface area contributed by atoms with Crippen molar-refractivity contribution in [1.82, 2.24) is 4.90 Å². The molecule has 1 unspecified atom stereocenters. The van der Waals surface area contributed by atoms with Gasteiger partial charge in [0.25, 0.3) is 0 Å². The summed E-state index contributed by atoms with van der Waals surface area (Å²) in [6.45, 7) is 0.404. The zero-order valence-electron chi connectivity index (χ0n) is 26.2. The molecule has 0 aromatic heterocycles. The van der Waals surface area contributed by atoms with Gasteiger partial charge in [-0.25, -0.2) is 9.59 Å². The SMILES string of the molecule is COC(=O)C1=C(C(=O)OC)C2(c3cc(Br)ccc3-c3ccc(Br)cc32)C2(/C=C/c3ccccc3)c3cc(OC)c(OC)cc3CCN12. The second-order valence-electron chi connectivity index (χ2n) is 11.6. The molecule has 0 saturated carbocycles. The van der Waals surface area contributed by atoms with E-state index < -0.39 is 22.9 Å². The highest BCUT2D eigenvalue weighted by molar-refractivity contribution is 9.10. The first-order valence-corrected chi connectivity index (χ1v) is 16.6. The average Bonchev–Trinajstić information content (AvgIpc) is 3.53. The van der Waals surface area contributed by atoms with E-state index in [0.29, 0.717) is 24.5 Å². The van der Waals surface area contributed by atoms with E-state index >= 15 is 0 Å². The molecule has 0 bridgehead atoms. The van der Waals surface area contributed by atoms with E-state index in [-0.39, 0.29) is 11.3 Å². The minimum absolute atomic E-state index is 0.163. The maximum Gasteiger partial charge on any atom is 0.354 e. The average molecular weight is 757 g/mol. The number of hydrogen-bond donors (Lipinski definition) is 0. The summed E-state index contributed by atoms with van der Waals surface area (Å²) in [5.41, 5.74) is 4.32. The summed E-state index contributed by atoms with van der Waals surface area (Å²) in [7, 11) is 5.91. The summed E-state index contributed by atoms with van der Waals surface area (Å²) >= 11 is 7.48. The van der Waals surface area contributed by atoms with Crippen LogP contribution in [0.5, 0.6) is 11.5 Å². The first kappa shape index (κ1) is 31.3. The highest BCUT2D eigenvalue weighted by atomic mass is 79.9. The maximum absolute atomic E-state index is 14.5. The van der Waals surface area contributed by atoms with Crippen LogP contribution < -0.4 is 9.47 Å². The van der Waals surface area contributed by atoms with Crippen LogP contribution in [0.2, 0.25) is 0 Å². The van der Waals surface area contributed by atoms with Crippen LogP contribution in [0.4, 0.5) is 0 Å². The van der Waals surface area contributed by atoms with Crippen LogP contribution in [-0.4, -0.2) is 51.8 Å². The van der Waals surface area contributed by atoms with Crippen molar-refractivity contribution in [2.45, 2.75) is 17.4 Å². The molecule has 4 aromatic carbocycles. The summed E-state index contributed by atoms with van der Waals surface area (Å²) in [6, 6.07) is 26.2. The molecular formula is C38H31Br2NO6. The number of fused-ring (bicyclic) bond motifs is 9. The molecule has 7 nitrogen and oxygen atoms in total. The lowest BCUT2D eigenvalue weighted by Crippen LogP contribution is -2.57. The topological polar surface area (TPSA) is 74.3 Å². The van der Waals surface area contributed by atoms with Gasteiger partial charge in [0.05, 0.1) is 39.4 Å². The quantitative estimate of drug-likeness (QED) is 0.188. The Kier molecular flexibility index (Phi) is 7.80. The number of methoxy groups -OCH3 is 4. The molecule has 0 fully saturated rings. The molecule has 2 aliphatic heterocycles. The maximum atomic E-state index is 14.5. The summed E-state index contributed by atoms with van der Waals surface area (Å²) < 4.78 is 24.4. The van der Waals surface area contributed by atoms with Crippen molar-refractivity contribution >= 4 is 49.9 Å². The molecule has 47 heavy (non-hydrogen) atoms. The summed E-state index contributed by atoms with van der Waals surface area (Å²) in [5, 5.41) is 0. The van der Waals surface area contributed by atoms with Gasteiger partial charge in [0.2, 0.25) is 0 Å². The Hall–Kier alpha value is -4.34. The molecule has 0 radical (unpaired) electrons. The monoisotopic (exact) mass is 755 g/mol. The van der Waals surface area contributed by atoms with Crippen LogP contribution in [0.15, 0.2) is 105 Å². The van der Waals surface area contributed by atoms with E-state index in [4.69, 9.17) is 18.9 Å². The van der Waals surface area contributed by atoms with E-state index in [1.807, 2.05) is 59.5 Å². The molecular weight excluding hydrogens is 726 g/mol. The Morgan fingerprint density at radius 3 is 1.91 bits per heavy atom. The third-order valence-corrected chi connectivity index (χ3v) is 10.6. The molecule has 238 valence electrons. The molecule has 7 rings (SSSR count). The van der Waals surface area contributed by atoms with E-state index in [1.54, 1.807) is 14.2 Å². The molecule has 1 atom stereocenters. The zero-order valence-corrected chi connectivity index (χ0v) is 29.4. The normalized spacial score (nSPS) is 18.5. The predicted molar refractivity (Wildman–Crippen MR) is 186 cm³/mol. The van der Waals surface area contributed by atoms with Gasteiger partial charge in [0.15, 0.2) is 11.5 Å². The molecule has 0 N–H and O–H groups in total. The number of nitrogens with zero attached hydrogens (tertiary/aromatic N) is 1. The number of carbonyl (C=O) groups excluding carboxylic acids is 2. The lowest BCUT2D eigenvalue weighted by Gasteiger charge is -2.53. The van der Waals surface area contributed by atoms with Crippen molar-refractivity contribution in [2.75, 3.05) is 35.0 Å². The fourth-order valence-electron chi connectivity index (χ4n) is 7.93. The van der Waals surface area contributed by atoms with Crippen molar-refractivity contribution in [3.63, 3.8) is 0 Å². The fraction of sp³-hybridized carbons (Fsp3) is 0.211. The van der Waals surface area contributed by atoms with Crippen molar-refractivity contribution in [3.8, 4) is 22.6 Å². The van der Waals surface area contributed by atoms with Crippen molar-refractivity contribution in [2.24, 2.45) is 0 Å². The standard InChI is InChI=1S/C38H31Br2NO6/c1-44-31-18-23-15-17-41-34(36(43)47-4)33(35(42)46-3)38(29-19-24(39)10-12-26(29)27-13-11-25(40)20-30(27)38)37(41,28(23)21-32(31)45-2)16-14-22-8-6-5-7-9-22/h5-14,16,18-21H,15,17H2,1-4H3/b16-14+. The number of halogens is 2. The smallest absolute Gasteiger partial charge is 0.354 e. The van der Waals surface area contributed by atoms with Crippen molar-refractivity contribution < 1.29 is 28.5 Å². The number of carbonyl (C=O) groups is 2. The highest BCUT2D eigenvalue weighted by Crippen LogP contribution is 2.70. The number of rotatable bonds is 6. The Morgan fingerprint density at radius 2 is 1.34 bits per heavy atom. The summed E-state index contributed by atoms with van der Waals surface area (Å²) in [5.74, 6) is -0.110. The minimum atomic E-state index is -1.29. The summed E-state index contributed by atoms with van der Waals surface area (Å²) in [6.07, 6.45) is 4.76. The van der Waals surface area contributed by atoms with Crippen LogP contribution in [0, 0.1) is 0 Å². The molecule has 0 saturated heterocycles. The predicted octanol–water partition coefficient (Wildman–Crippen LogP) is 7.58. The number of hydrogen-bond acceptors (Lipinski definition) is 7. The van der Waals surface area contributed by atoms with Gasteiger partial charge in [-0.1, -0.05) is 86.5 Å². The molecule has 1 aliphatic carbocycles. The van der Waals surface area contributed by atoms with Gasteiger partial charge in [0.1, 0.15) is 11.2 Å². The lowest BCUT2D eigenvalue weighted by molar-refractivity contribution is -0.140. The third kappa shape index (κ3) is 4.29. The zero-order chi connectivity index (χ0) is 33.1. The van der Waals surface area contributed by atoms with Crippen LogP contribution in [0.25, 0.3) is 17.2 Å². The molecule has 4 aromatic rings. The van der Waals surface area contributed by atoms with Crippen LogP contribution in [0.3, 0.4) is 0 Å². The van der Waals surface area contributed by atoms with Gasteiger partial charge >= 0.3 is 11.9 Å². The Bertz CT molecular complexity index is 1970. The first-order chi connectivity index (χ1) is 22.8. The number of esters is 2. The van der Waals surface area contributed by atoms with E-state index in [0.717, 1.165) is 47.9 Å². The number of benzene rings is 4. The molecule has 3 aliphatic rings. The second-order valence-corrected chi connectivity index (χ2v) is 13.4. The van der Waals surface area contributed by atoms with Gasteiger partial charge < -0.3 is 23.8 Å². The van der Waals surface area contributed by atoms with Crippen LogP contribution in [0.1, 0.15) is 27.8 Å². The van der Waals surface area contributed by atoms with Crippen molar-refractivity contribution in [1.29, 1.82) is 0 Å². The second kappa shape index (κ2) is 11.7. The van der Waals surface area contributed by atoms with E-state index in [1.165, 1.54) is 14.2 Å². The largest absolute Gasteiger partial charge is 0.493 e. The van der Waals surface area contributed by atoms with Gasteiger partial charge in [-0.2, -0.15) is 0 Å². The Labute approximate surface area is 290 Å². The molecule has 2 heterocycles. The lowest BCUT2D eigenvalue weighted by atomic mass is 9.56. The Balaban J connectivity index is 1.75. The first-order valence-electron chi connectivity index (χ1n) is 15.1.